The van der Waals surface area contributed by atoms with Gasteiger partial charge in [-0.05, 0) is 68.8 Å². The van der Waals surface area contributed by atoms with Crippen LogP contribution in [0, 0.1) is 6.92 Å². The van der Waals surface area contributed by atoms with Gasteiger partial charge in [0.05, 0.1) is 16.7 Å². The first-order valence-corrected chi connectivity index (χ1v) is 10.0. The van der Waals surface area contributed by atoms with Crippen LogP contribution < -0.4 is 4.31 Å². The predicted octanol–water partition coefficient (Wildman–Crippen LogP) is 4.45. The van der Waals surface area contributed by atoms with Crippen LogP contribution in [0.15, 0.2) is 47.4 Å². The van der Waals surface area contributed by atoms with Gasteiger partial charge in [0, 0.05) is 10.0 Å². The van der Waals surface area contributed by atoms with Crippen molar-refractivity contribution >= 4 is 44.9 Å². The molecule has 0 N–H and O–H groups in total. The van der Waals surface area contributed by atoms with Crippen LogP contribution in [0.2, 0.25) is 10.0 Å². The van der Waals surface area contributed by atoms with E-state index in [0.717, 1.165) is 4.31 Å². The molecule has 0 radical (unpaired) electrons. The third kappa shape index (κ3) is 4.90. The van der Waals surface area contributed by atoms with Crippen molar-refractivity contribution in [2.24, 2.45) is 0 Å². The van der Waals surface area contributed by atoms with Crippen molar-refractivity contribution in [3.05, 3.63) is 58.1 Å². The highest BCUT2D eigenvalue weighted by molar-refractivity contribution is 7.92. The molecule has 0 unspecified atom stereocenters. The number of hydrogen-bond acceptors (Lipinski definition) is 4. The molecule has 140 valence electrons. The maximum atomic E-state index is 13.1. The summed E-state index contributed by atoms with van der Waals surface area (Å²) >= 11 is 11.9. The second kappa shape index (κ2) is 8.29. The summed E-state index contributed by atoms with van der Waals surface area (Å²) in [7, 11) is -4.00. The SMILES string of the molecule is Cc1cc(N(CC(=O)OC(C)C)S(=O)(=O)c2ccc(Cl)cc2)ccc1Cl. The van der Waals surface area contributed by atoms with Crippen molar-refractivity contribution in [1.29, 1.82) is 0 Å². The maximum absolute atomic E-state index is 13.1. The van der Waals surface area contributed by atoms with Gasteiger partial charge in [-0.2, -0.15) is 0 Å². The fraction of sp³-hybridized carbons (Fsp3) is 0.278. The standard InChI is InChI=1S/C18H19Cl2NO4S/c1-12(2)25-18(22)11-21(15-6-9-17(20)13(3)10-15)26(23,24)16-7-4-14(19)5-8-16/h4-10,12H,11H2,1-3H3. The molecule has 2 aromatic rings. The third-order valence-corrected chi connectivity index (χ3v) is 5.94. The van der Waals surface area contributed by atoms with Gasteiger partial charge in [0.1, 0.15) is 6.54 Å². The molecule has 0 atom stereocenters. The van der Waals surface area contributed by atoms with Crippen LogP contribution in [0.3, 0.4) is 0 Å². The molecule has 0 aliphatic carbocycles. The lowest BCUT2D eigenvalue weighted by Crippen LogP contribution is -2.37. The molecule has 0 amide bonds. The van der Waals surface area contributed by atoms with E-state index >= 15 is 0 Å². The Kier molecular flexibility index (Phi) is 6.55. The Morgan fingerprint density at radius 3 is 2.27 bits per heavy atom. The number of nitrogens with zero attached hydrogens (tertiary/aromatic N) is 1. The Morgan fingerprint density at radius 2 is 1.73 bits per heavy atom. The van der Waals surface area contributed by atoms with Crippen LogP contribution in [-0.2, 0) is 19.6 Å². The normalized spacial score (nSPS) is 11.5. The molecule has 5 nitrogen and oxygen atoms in total. The molecular weight excluding hydrogens is 397 g/mol. The number of sulfonamides is 1. The zero-order valence-electron chi connectivity index (χ0n) is 14.6. The van der Waals surface area contributed by atoms with Crippen molar-refractivity contribution in [2.45, 2.75) is 31.8 Å². The van der Waals surface area contributed by atoms with Crippen molar-refractivity contribution in [2.75, 3.05) is 10.8 Å². The van der Waals surface area contributed by atoms with Gasteiger partial charge < -0.3 is 4.74 Å². The second-order valence-corrected chi connectivity index (χ2v) is 8.64. The van der Waals surface area contributed by atoms with E-state index in [4.69, 9.17) is 27.9 Å². The number of rotatable bonds is 6. The summed E-state index contributed by atoms with van der Waals surface area (Å²) in [5, 5.41) is 0.916. The minimum absolute atomic E-state index is 0.0202. The third-order valence-electron chi connectivity index (χ3n) is 3.47. The zero-order valence-corrected chi connectivity index (χ0v) is 16.9. The Morgan fingerprint density at radius 1 is 1.12 bits per heavy atom. The van der Waals surface area contributed by atoms with Crippen molar-refractivity contribution in [3.8, 4) is 0 Å². The van der Waals surface area contributed by atoms with Crippen molar-refractivity contribution in [3.63, 3.8) is 0 Å². The number of halogens is 2. The van der Waals surface area contributed by atoms with Gasteiger partial charge in [-0.1, -0.05) is 23.2 Å². The second-order valence-electron chi connectivity index (χ2n) is 5.94. The van der Waals surface area contributed by atoms with Crippen molar-refractivity contribution in [1.82, 2.24) is 0 Å². The van der Waals surface area contributed by atoms with Gasteiger partial charge in [0.25, 0.3) is 10.0 Å². The zero-order chi connectivity index (χ0) is 19.5. The van der Waals surface area contributed by atoms with Crippen LogP contribution in [0.4, 0.5) is 5.69 Å². The topological polar surface area (TPSA) is 63.7 Å². The Balaban J connectivity index is 2.49. The van der Waals surface area contributed by atoms with E-state index in [1.54, 1.807) is 39.0 Å². The van der Waals surface area contributed by atoms with Gasteiger partial charge >= 0.3 is 5.97 Å². The van der Waals surface area contributed by atoms with E-state index in [0.29, 0.717) is 21.3 Å². The van der Waals surface area contributed by atoms with Crippen LogP contribution in [0.5, 0.6) is 0 Å². The number of esters is 1. The fourth-order valence-corrected chi connectivity index (χ4v) is 3.89. The Hall–Kier alpha value is -1.76. The summed E-state index contributed by atoms with van der Waals surface area (Å²) in [6.07, 6.45) is -0.352. The van der Waals surface area contributed by atoms with Crippen LogP contribution >= 0.6 is 23.2 Å². The van der Waals surface area contributed by atoms with Crippen LogP contribution in [-0.4, -0.2) is 27.0 Å². The molecule has 0 saturated carbocycles. The summed E-state index contributed by atoms with van der Waals surface area (Å²) < 4.78 is 32.3. The molecule has 0 aliphatic rings. The molecular formula is C18H19Cl2NO4S. The van der Waals surface area contributed by atoms with E-state index in [1.165, 1.54) is 24.3 Å². The average Bonchev–Trinajstić information content (AvgIpc) is 2.55. The summed E-state index contributed by atoms with van der Waals surface area (Å²) in [5.41, 5.74) is 1.01. The molecule has 8 heteroatoms. The molecule has 0 heterocycles. The van der Waals surface area contributed by atoms with E-state index in [2.05, 4.69) is 0 Å². The number of carbonyl (C=O) groups is 1. The lowest BCUT2D eigenvalue weighted by molar-refractivity contribution is -0.145. The molecule has 0 spiro atoms. The maximum Gasteiger partial charge on any atom is 0.327 e. The highest BCUT2D eigenvalue weighted by Crippen LogP contribution is 2.28. The van der Waals surface area contributed by atoms with Crippen molar-refractivity contribution < 1.29 is 17.9 Å². The minimum Gasteiger partial charge on any atom is -0.462 e. The summed E-state index contributed by atoms with van der Waals surface area (Å²) in [4.78, 5) is 12.2. The highest BCUT2D eigenvalue weighted by Gasteiger charge is 2.28. The molecule has 0 fully saturated rings. The predicted molar refractivity (Wildman–Crippen MR) is 103 cm³/mol. The first kappa shape index (κ1) is 20.6. The Bertz CT molecular complexity index is 896. The number of benzene rings is 2. The van der Waals surface area contributed by atoms with Gasteiger partial charge in [-0.15, -0.1) is 0 Å². The molecule has 26 heavy (non-hydrogen) atoms. The summed E-state index contributed by atoms with van der Waals surface area (Å²) in [6, 6.07) is 10.5. The fourth-order valence-electron chi connectivity index (χ4n) is 2.25. The van der Waals surface area contributed by atoms with E-state index in [-0.39, 0.29) is 11.0 Å². The van der Waals surface area contributed by atoms with E-state index in [1.807, 2.05) is 0 Å². The molecule has 2 aromatic carbocycles. The Labute approximate surface area is 163 Å². The first-order chi connectivity index (χ1) is 12.1. The summed E-state index contributed by atoms with van der Waals surface area (Å²) in [5.74, 6) is -0.648. The van der Waals surface area contributed by atoms with Gasteiger partial charge in [0.15, 0.2) is 0 Å². The number of hydrogen-bond donors (Lipinski definition) is 0. The molecule has 0 aromatic heterocycles. The number of aryl methyl sites for hydroxylation is 1. The lowest BCUT2D eigenvalue weighted by Gasteiger charge is -2.24. The van der Waals surface area contributed by atoms with Gasteiger partial charge in [-0.3, -0.25) is 9.10 Å². The average molecular weight is 416 g/mol. The smallest absolute Gasteiger partial charge is 0.327 e. The largest absolute Gasteiger partial charge is 0.462 e. The van der Waals surface area contributed by atoms with Crippen LogP contribution in [0.25, 0.3) is 0 Å². The molecule has 0 bridgehead atoms. The molecule has 0 aliphatic heterocycles. The highest BCUT2D eigenvalue weighted by atomic mass is 35.5. The van der Waals surface area contributed by atoms with E-state index < -0.39 is 22.5 Å². The number of carbonyl (C=O) groups excluding carboxylic acids is 1. The van der Waals surface area contributed by atoms with Gasteiger partial charge in [0.2, 0.25) is 0 Å². The minimum atomic E-state index is -4.00. The van der Waals surface area contributed by atoms with Gasteiger partial charge in [-0.25, -0.2) is 8.42 Å². The number of anilines is 1. The monoisotopic (exact) mass is 415 g/mol. The first-order valence-electron chi connectivity index (χ1n) is 7.85. The van der Waals surface area contributed by atoms with E-state index in [9.17, 15) is 13.2 Å². The van der Waals surface area contributed by atoms with Crippen LogP contribution in [0.1, 0.15) is 19.4 Å². The summed E-state index contributed by atoms with van der Waals surface area (Å²) in [6.45, 7) is 4.69. The molecule has 2 rings (SSSR count). The lowest BCUT2D eigenvalue weighted by atomic mass is 10.2. The quantitative estimate of drug-likeness (QED) is 0.653. The molecule has 0 saturated heterocycles. The number of ether oxygens (including phenoxy) is 1.